The summed E-state index contributed by atoms with van der Waals surface area (Å²) in [7, 11) is -3.21. The van der Waals surface area contributed by atoms with E-state index in [1.165, 1.54) is 0 Å². The molecule has 1 aliphatic heterocycles. The second-order valence-electron chi connectivity index (χ2n) is 7.52. The topological polar surface area (TPSA) is 99.1 Å². The van der Waals surface area contributed by atoms with Gasteiger partial charge in [0.1, 0.15) is 6.04 Å². The van der Waals surface area contributed by atoms with Gasteiger partial charge in [0.2, 0.25) is 5.91 Å². The number of carbonyl (C=O) groups excluding carboxylic acids is 1. The third-order valence-electron chi connectivity index (χ3n) is 5.42. The number of rotatable bonds is 7. The maximum absolute atomic E-state index is 12.3. The van der Waals surface area contributed by atoms with Gasteiger partial charge >= 0.3 is 0 Å². The number of nitrogens with zero attached hydrogens (tertiary/aromatic N) is 1. The van der Waals surface area contributed by atoms with Gasteiger partial charge in [-0.3, -0.25) is 4.79 Å². The highest BCUT2D eigenvalue weighted by Crippen LogP contribution is 2.22. The lowest BCUT2D eigenvalue weighted by Crippen LogP contribution is -2.49. The van der Waals surface area contributed by atoms with Crippen LogP contribution in [0.5, 0.6) is 0 Å². The van der Waals surface area contributed by atoms with Crippen LogP contribution in [0.3, 0.4) is 0 Å². The Bertz CT molecular complexity index is 1000. The summed E-state index contributed by atoms with van der Waals surface area (Å²) >= 11 is 0. The first-order chi connectivity index (χ1) is 14.4. The first-order valence-corrected chi connectivity index (χ1v) is 11.9. The zero-order valence-corrected chi connectivity index (χ0v) is 17.9. The van der Waals surface area contributed by atoms with E-state index in [0.29, 0.717) is 11.3 Å². The number of piperidine rings is 1. The molecule has 1 aliphatic rings. The van der Waals surface area contributed by atoms with E-state index in [4.69, 9.17) is 0 Å². The van der Waals surface area contributed by atoms with Crippen LogP contribution in [0.4, 0.5) is 0 Å². The van der Waals surface area contributed by atoms with Crippen molar-refractivity contribution >= 4 is 15.7 Å². The molecule has 1 heterocycles. The van der Waals surface area contributed by atoms with Gasteiger partial charge in [-0.2, -0.15) is 5.26 Å². The van der Waals surface area contributed by atoms with Gasteiger partial charge in [-0.15, -0.1) is 0 Å². The van der Waals surface area contributed by atoms with Crippen LogP contribution in [0.2, 0.25) is 0 Å². The van der Waals surface area contributed by atoms with E-state index in [1.807, 2.05) is 24.3 Å². The summed E-state index contributed by atoms with van der Waals surface area (Å²) in [5, 5.41) is 15.5. The van der Waals surface area contributed by atoms with E-state index in [1.54, 1.807) is 31.2 Å². The number of hydrogen-bond donors (Lipinski definition) is 2. The Labute approximate surface area is 178 Å². The molecule has 2 atom stereocenters. The van der Waals surface area contributed by atoms with Crippen molar-refractivity contribution in [2.24, 2.45) is 0 Å². The van der Waals surface area contributed by atoms with Gasteiger partial charge in [0.25, 0.3) is 0 Å². The van der Waals surface area contributed by atoms with Crippen LogP contribution < -0.4 is 10.6 Å². The molecular weight excluding hydrogens is 398 g/mol. The number of nitriles is 1. The van der Waals surface area contributed by atoms with Crippen molar-refractivity contribution in [3.8, 4) is 17.2 Å². The minimum atomic E-state index is -3.21. The van der Waals surface area contributed by atoms with Crippen LogP contribution in [0.15, 0.2) is 53.4 Å². The average molecular weight is 426 g/mol. The SMILES string of the molecule is CCS(=O)(=O)c1ccc(-c2ccc(CC(C#N)NC(=O)C3CCCCN3)cc2)cc1. The normalized spacial score (nSPS) is 17.7. The maximum Gasteiger partial charge on any atom is 0.238 e. The molecule has 0 saturated carbocycles. The molecule has 2 aromatic rings. The molecule has 1 fully saturated rings. The third-order valence-corrected chi connectivity index (χ3v) is 7.17. The molecule has 7 heteroatoms. The number of carbonyl (C=O) groups is 1. The molecule has 1 saturated heterocycles. The van der Waals surface area contributed by atoms with Gasteiger partial charge in [-0.05, 0) is 48.2 Å². The van der Waals surface area contributed by atoms with Gasteiger partial charge in [0.05, 0.1) is 22.8 Å². The van der Waals surface area contributed by atoms with E-state index in [2.05, 4.69) is 16.7 Å². The van der Waals surface area contributed by atoms with Crippen LogP contribution in [-0.2, 0) is 21.1 Å². The Hall–Kier alpha value is -2.69. The van der Waals surface area contributed by atoms with Crippen LogP contribution in [-0.4, -0.2) is 38.7 Å². The second-order valence-corrected chi connectivity index (χ2v) is 9.80. The molecule has 3 rings (SSSR count). The highest BCUT2D eigenvalue weighted by atomic mass is 32.2. The Kier molecular flexibility index (Phi) is 7.24. The smallest absolute Gasteiger partial charge is 0.238 e. The standard InChI is InChI=1S/C23H27N3O3S/c1-2-30(28,29)21-12-10-19(11-13-21)18-8-6-17(7-9-18)15-20(16-24)26-23(27)22-5-3-4-14-25-22/h6-13,20,22,25H,2-5,14-15H2,1H3,(H,26,27). The number of benzene rings is 2. The highest BCUT2D eigenvalue weighted by molar-refractivity contribution is 7.91. The lowest BCUT2D eigenvalue weighted by atomic mass is 10.00. The molecule has 2 aromatic carbocycles. The Morgan fingerprint density at radius 3 is 2.30 bits per heavy atom. The first-order valence-electron chi connectivity index (χ1n) is 10.3. The molecule has 6 nitrogen and oxygen atoms in total. The van der Waals surface area contributed by atoms with Crippen molar-refractivity contribution in [2.75, 3.05) is 12.3 Å². The predicted octanol–water partition coefficient (Wildman–Crippen LogP) is 2.84. The molecule has 0 radical (unpaired) electrons. The first kappa shape index (κ1) is 22.0. The second kappa shape index (κ2) is 9.88. The summed E-state index contributed by atoms with van der Waals surface area (Å²) in [6.07, 6.45) is 3.34. The predicted molar refractivity (Wildman–Crippen MR) is 116 cm³/mol. The van der Waals surface area contributed by atoms with E-state index in [0.717, 1.165) is 42.5 Å². The fourth-order valence-corrected chi connectivity index (χ4v) is 4.45. The maximum atomic E-state index is 12.3. The molecule has 1 amide bonds. The quantitative estimate of drug-likeness (QED) is 0.711. The molecule has 2 unspecified atom stereocenters. The number of amides is 1. The van der Waals surface area contributed by atoms with Crippen molar-refractivity contribution in [1.29, 1.82) is 5.26 Å². The fourth-order valence-electron chi connectivity index (χ4n) is 3.57. The monoisotopic (exact) mass is 425 g/mol. The fraction of sp³-hybridized carbons (Fsp3) is 0.391. The van der Waals surface area contributed by atoms with E-state index in [9.17, 15) is 18.5 Å². The average Bonchev–Trinajstić information content (AvgIpc) is 2.79. The zero-order chi connectivity index (χ0) is 21.6. The molecule has 0 spiro atoms. The summed E-state index contributed by atoms with van der Waals surface area (Å²) in [5.74, 6) is -0.0333. The number of hydrogen-bond acceptors (Lipinski definition) is 5. The van der Waals surface area contributed by atoms with Gasteiger partial charge in [0.15, 0.2) is 9.84 Å². The summed E-state index contributed by atoms with van der Waals surface area (Å²) in [5.41, 5.74) is 2.83. The van der Waals surface area contributed by atoms with Crippen LogP contribution >= 0.6 is 0 Å². The van der Waals surface area contributed by atoms with Gasteiger partial charge in [-0.25, -0.2) is 8.42 Å². The summed E-state index contributed by atoms with van der Waals surface area (Å²) in [4.78, 5) is 12.7. The van der Waals surface area contributed by atoms with Gasteiger partial charge in [-0.1, -0.05) is 49.7 Å². The molecular formula is C23H27N3O3S. The molecule has 30 heavy (non-hydrogen) atoms. The summed E-state index contributed by atoms with van der Waals surface area (Å²) in [6.45, 7) is 2.46. The van der Waals surface area contributed by atoms with Crippen molar-refractivity contribution in [2.45, 2.75) is 49.6 Å². The number of sulfone groups is 1. The highest BCUT2D eigenvalue weighted by Gasteiger charge is 2.23. The molecule has 0 bridgehead atoms. The van der Waals surface area contributed by atoms with Crippen molar-refractivity contribution in [3.05, 3.63) is 54.1 Å². The zero-order valence-electron chi connectivity index (χ0n) is 17.1. The van der Waals surface area contributed by atoms with E-state index in [-0.39, 0.29) is 17.7 Å². The number of nitrogens with one attached hydrogen (secondary N) is 2. The van der Waals surface area contributed by atoms with Crippen molar-refractivity contribution in [3.63, 3.8) is 0 Å². The lowest BCUT2D eigenvalue weighted by molar-refractivity contribution is -0.124. The van der Waals surface area contributed by atoms with E-state index >= 15 is 0 Å². The molecule has 2 N–H and O–H groups in total. The minimum absolute atomic E-state index is 0.0778. The van der Waals surface area contributed by atoms with Crippen molar-refractivity contribution in [1.82, 2.24) is 10.6 Å². The van der Waals surface area contributed by atoms with Crippen molar-refractivity contribution < 1.29 is 13.2 Å². The third kappa shape index (κ3) is 5.47. The molecule has 0 aliphatic carbocycles. The van der Waals surface area contributed by atoms with Crippen LogP contribution in [0.1, 0.15) is 31.7 Å². The molecule has 158 valence electrons. The van der Waals surface area contributed by atoms with Gasteiger partial charge < -0.3 is 10.6 Å². The summed E-state index contributed by atoms with van der Waals surface area (Å²) in [6, 6.07) is 16.0. The van der Waals surface area contributed by atoms with Crippen LogP contribution in [0, 0.1) is 11.3 Å². The van der Waals surface area contributed by atoms with E-state index < -0.39 is 15.9 Å². The Morgan fingerprint density at radius 2 is 1.77 bits per heavy atom. The Morgan fingerprint density at radius 1 is 1.13 bits per heavy atom. The largest absolute Gasteiger partial charge is 0.339 e. The summed E-state index contributed by atoms with van der Waals surface area (Å²) < 4.78 is 23.9. The van der Waals surface area contributed by atoms with Crippen LogP contribution in [0.25, 0.3) is 11.1 Å². The lowest BCUT2D eigenvalue weighted by Gasteiger charge is -2.23. The minimum Gasteiger partial charge on any atom is -0.339 e. The van der Waals surface area contributed by atoms with Gasteiger partial charge in [0, 0.05) is 6.42 Å². The Balaban J connectivity index is 1.63. The molecule has 0 aromatic heterocycles.